The standard InChI is InChI=1S/C15H20N4O2/c1-11-18-12-4-2-3-5-13(12)19(11)8-6-17-15(20)14-10-16-7-9-21-14/h2-5,14,16H,6-10H2,1H3,(H,17,20)/t14-/m0/s1. The lowest BCUT2D eigenvalue weighted by atomic mass is 10.3. The summed E-state index contributed by atoms with van der Waals surface area (Å²) in [5.74, 6) is 0.908. The Morgan fingerprint density at radius 2 is 2.38 bits per heavy atom. The molecule has 0 unspecified atom stereocenters. The summed E-state index contributed by atoms with van der Waals surface area (Å²) >= 11 is 0. The van der Waals surface area contributed by atoms with Crippen LogP contribution in [-0.4, -0.2) is 47.8 Å². The van der Waals surface area contributed by atoms with E-state index < -0.39 is 0 Å². The minimum atomic E-state index is -0.376. The molecule has 2 N–H and O–H groups in total. The fourth-order valence-corrected chi connectivity index (χ4v) is 2.62. The maximum Gasteiger partial charge on any atom is 0.250 e. The molecule has 112 valence electrons. The van der Waals surface area contributed by atoms with Crippen molar-refractivity contribution in [2.75, 3.05) is 26.2 Å². The molecule has 1 aliphatic heterocycles. The smallest absolute Gasteiger partial charge is 0.250 e. The average molecular weight is 288 g/mol. The number of hydrogen-bond donors (Lipinski definition) is 2. The minimum absolute atomic E-state index is 0.0516. The van der Waals surface area contributed by atoms with Gasteiger partial charge in [0.05, 0.1) is 17.6 Å². The molecule has 1 aromatic heterocycles. The topological polar surface area (TPSA) is 68.2 Å². The quantitative estimate of drug-likeness (QED) is 0.857. The van der Waals surface area contributed by atoms with E-state index in [4.69, 9.17) is 4.74 Å². The summed E-state index contributed by atoms with van der Waals surface area (Å²) in [6, 6.07) is 8.03. The van der Waals surface area contributed by atoms with Gasteiger partial charge in [0.2, 0.25) is 0 Å². The Morgan fingerprint density at radius 3 is 3.19 bits per heavy atom. The first-order valence-electron chi connectivity index (χ1n) is 7.27. The van der Waals surface area contributed by atoms with Crippen LogP contribution in [0.15, 0.2) is 24.3 Å². The largest absolute Gasteiger partial charge is 0.366 e. The van der Waals surface area contributed by atoms with Crippen molar-refractivity contribution in [2.45, 2.75) is 19.6 Å². The van der Waals surface area contributed by atoms with Crippen LogP contribution in [0, 0.1) is 6.92 Å². The molecule has 21 heavy (non-hydrogen) atoms. The molecule has 1 amide bonds. The predicted molar refractivity (Wildman–Crippen MR) is 80.1 cm³/mol. The Bertz CT molecular complexity index is 632. The van der Waals surface area contributed by atoms with E-state index in [0.717, 1.165) is 23.4 Å². The highest BCUT2D eigenvalue weighted by molar-refractivity contribution is 5.81. The second kappa shape index (κ2) is 6.24. The van der Waals surface area contributed by atoms with Crippen LogP contribution in [0.5, 0.6) is 0 Å². The molecule has 1 fully saturated rings. The molecule has 0 bridgehead atoms. The zero-order chi connectivity index (χ0) is 14.7. The van der Waals surface area contributed by atoms with E-state index in [1.807, 2.05) is 31.2 Å². The van der Waals surface area contributed by atoms with Crippen LogP contribution in [0.25, 0.3) is 11.0 Å². The van der Waals surface area contributed by atoms with E-state index in [9.17, 15) is 4.79 Å². The molecule has 6 nitrogen and oxygen atoms in total. The van der Waals surface area contributed by atoms with Crippen LogP contribution in [0.1, 0.15) is 5.82 Å². The molecule has 0 spiro atoms. The third-order valence-electron chi connectivity index (χ3n) is 3.70. The molecule has 6 heteroatoms. The lowest BCUT2D eigenvalue weighted by Gasteiger charge is -2.22. The van der Waals surface area contributed by atoms with Gasteiger partial charge < -0.3 is 19.9 Å². The van der Waals surface area contributed by atoms with Crippen LogP contribution in [-0.2, 0) is 16.1 Å². The number of morpholine rings is 1. The van der Waals surface area contributed by atoms with Gasteiger partial charge in [-0.1, -0.05) is 12.1 Å². The zero-order valence-electron chi connectivity index (χ0n) is 12.1. The first kappa shape index (κ1) is 14.0. The van der Waals surface area contributed by atoms with Gasteiger partial charge in [-0.05, 0) is 19.1 Å². The normalized spacial score (nSPS) is 18.8. The number of hydrogen-bond acceptors (Lipinski definition) is 4. The number of carbonyl (C=O) groups excluding carboxylic acids is 1. The van der Waals surface area contributed by atoms with Crippen molar-refractivity contribution in [3.63, 3.8) is 0 Å². The summed E-state index contributed by atoms with van der Waals surface area (Å²) in [6.45, 7) is 5.24. The van der Waals surface area contributed by atoms with Crippen molar-refractivity contribution in [1.82, 2.24) is 20.2 Å². The number of aromatic nitrogens is 2. The van der Waals surface area contributed by atoms with Crippen LogP contribution >= 0.6 is 0 Å². The van der Waals surface area contributed by atoms with Gasteiger partial charge in [-0.15, -0.1) is 0 Å². The van der Waals surface area contributed by atoms with Gasteiger partial charge in [0.15, 0.2) is 0 Å². The van der Waals surface area contributed by atoms with E-state index in [1.54, 1.807) is 0 Å². The number of imidazole rings is 1. The monoisotopic (exact) mass is 288 g/mol. The zero-order valence-corrected chi connectivity index (χ0v) is 12.1. The Hall–Kier alpha value is -1.92. The van der Waals surface area contributed by atoms with Gasteiger partial charge in [-0.3, -0.25) is 4.79 Å². The summed E-state index contributed by atoms with van der Waals surface area (Å²) in [5.41, 5.74) is 2.08. The average Bonchev–Trinajstić information content (AvgIpc) is 2.84. The second-order valence-electron chi connectivity index (χ2n) is 5.15. The number of rotatable bonds is 4. The van der Waals surface area contributed by atoms with Gasteiger partial charge in [0.25, 0.3) is 5.91 Å². The number of nitrogens with one attached hydrogen (secondary N) is 2. The number of nitrogens with zero attached hydrogens (tertiary/aromatic N) is 2. The Kier molecular flexibility index (Phi) is 4.17. The van der Waals surface area contributed by atoms with Crippen molar-refractivity contribution < 1.29 is 9.53 Å². The fraction of sp³-hybridized carbons (Fsp3) is 0.467. The van der Waals surface area contributed by atoms with Crippen LogP contribution in [0.3, 0.4) is 0 Å². The molecule has 1 aromatic carbocycles. The van der Waals surface area contributed by atoms with Crippen LogP contribution in [0.4, 0.5) is 0 Å². The third kappa shape index (κ3) is 3.06. The molecule has 1 aliphatic rings. The maximum absolute atomic E-state index is 12.0. The number of fused-ring (bicyclic) bond motifs is 1. The van der Waals surface area contributed by atoms with Crippen molar-refractivity contribution in [3.05, 3.63) is 30.1 Å². The van der Waals surface area contributed by atoms with E-state index in [1.165, 1.54) is 0 Å². The first-order valence-corrected chi connectivity index (χ1v) is 7.27. The van der Waals surface area contributed by atoms with E-state index in [-0.39, 0.29) is 12.0 Å². The summed E-state index contributed by atoms with van der Waals surface area (Å²) in [7, 11) is 0. The highest BCUT2D eigenvalue weighted by Crippen LogP contribution is 2.14. The second-order valence-corrected chi connectivity index (χ2v) is 5.15. The first-order chi connectivity index (χ1) is 10.3. The summed E-state index contributed by atoms with van der Waals surface area (Å²) < 4.78 is 7.55. The van der Waals surface area contributed by atoms with Gasteiger partial charge >= 0.3 is 0 Å². The van der Waals surface area contributed by atoms with Gasteiger partial charge in [-0.25, -0.2) is 4.98 Å². The fourth-order valence-electron chi connectivity index (χ4n) is 2.62. The molecule has 0 aliphatic carbocycles. The summed E-state index contributed by atoms with van der Waals surface area (Å²) in [6.07, 6.45) is -0.376. The molecule has 1 saturated heterocycles. The van der Waals surface area contributed by atoms with E-state index >= 15 is 0 Å². The summed E-state index contributed by atoms with van der Waals surface area (Å²) in [5, 5.41) is 6.08. The summed E-state index contributed by atoms with van der Waals surface area (Å²) in [4.78, 5) is 16.5. The SMILES string of the molecule is Cc1nc2ccccc2n1CCNC(=O)[C@@H]1CNCCO1. The van der Waals surface area contributed by atoms with Crippen LogP contribution in [0.2, 0.25) is 0 Å². The highest BCUT2D eigenvalue weighted by Gasteiger charge is 2.21. The van der Waals surface area contributed by atoms with Crippen molar-refractivity contribution in [1.29, 1.82) is 0 Å². The molecule has 0 radical (unpaired) electrons. The third-order valence-corrected chi connectivity index (χ3v) is 3.70. The van der Waals surface area contributed by atoms with Gasteiger partial charge in [-0.2, -0.15) is 0 Å². The molecular formula is C15H20N4O2. The molecule has 0 saturated carbocycles. The van der Waals surface area contributed by atoms with Gasteiger partial charge in [0, 0.05) is 26.2 Å². The molecular weight excluding hydrogens is 268 g/mol. The number of aryl methyl sites for hydroxylation is 1. The molecule has 2 heterocycles. The predicted octanol–water partition coefficient (Wildman–Crippen LogP) is 0.449. The van der Waals surface area contributed by atoms with Crippen molar-refractivity contribution >= 4 is 16.9 Å². The molecule has 3 rings (SSSR count). The van der Waals surface area contributed by atoms with Crippen LogP contribution < -0.4 is 10.6 Å². The lowest BCUT2D eigenvalue weighted by Crippen LogP contribution is -2.48. The number of benzene rings is 1. The van der Waals surface area contributed by atoms with Crippen molar-refractivity contribution in [2.24, 2.45) is 0 Å². The minimum Gasteiger partial charge on any atom is -0.366 e. The lowest BCUT2D eigenvalue weighted by molar-refractivity contribution is -0.134. The van der Waals surface area contributed by atoms with E-state index in [2.05, 4.69) is 20.2 Å². The Balaban J connectivity index is 1.59. The van der Waals surface area contributed by atoms with E-state index in [0.29, 0.717) is 26.2 Å². The molecule has 1 atom stereocenters. The number of para-hydroxylation sites is 2. The maximum atomic E-state index is 12.0. The Labute approximate surface area is 123 Å². The number of amides is 1. The number of ether oxygens (including phenoxy) is 1. The van der Waals surface area contributed by atoms with Gasteiger partial charge in [0.1, 0.15) is 11.9 Å². The highest BCUT2D eigenvalue weighted by atomic mass is 16.5. The Morgan fingerprint density at radius 1 is 1.52 bits per heavy atom. The van der Waals surface area contributed by atoms with Crippen molar-refractivity contribution in [3.8, 4) is 0 Å². The molecule has 2 aromatic rings. The number of carbonyl (C=O) groups is 1.